The van der Waals surface area contributed by atoms with Crippen molar-refractivity contribution in [1.29, 1.82) is 0 Å². The van der Waals surface area contributed by atoms with Crippen LogP contribution < -0.4 is 5.32 Å². The minimum atomic E-state index is -5.08. The maximum Gasteiger partial charge on any atom is 0.490 e. The number of hydrogen-bond donors (Lipinski definition) is 2. The first-order valence-corrected chi connectivity index (χ1v) is 10.5. The van der Waals surface area contributed by atoms with E-state index in [2.05, 4.69) is 37.7 Å². The summed E-state index contributed by atoms with van der Waals surface area (Å²) in [7, 11) is 0. The third-order valence-electron chi connectivity index (χ3n) is 4.98. The molecule has 1 spiro atoms. The molecule has 0 aliphatic carbocycles. The molecule has 12 heteroatoms. The molecule has 2 saturated heterocycles. The number of anilines is 1. The number of rotatable bonds is 4. The van der Waals surface area contributed by atoms with Crippen molar-refractivity contribution in [3.63, 3.8) is 0 Å². The van der Waals surface area contributed by atoms with Crippen molar-refractivity contribution >= 4 is 23.3 Å². The van der Waals surface area contributed by atoms with E-state index >= 15 is 0 Å². The molecule has 4 rings (SSSR count). The molecule has 2 N–H and O–H groups in total. The number of likely N-dealkylation sites (tertiary alicyclic amines) is 1. The highest BCUT2D eigenvalue weighted by molar-refractivity contribution is 7.09. The molecule has 31 heavy (non-hydrogen) atoms. The molecular weight excluding hydrogens is 440 g/mol. The zero-order chi connectivity index (χ0) is 22.5. The van der Waals surface area contributed by atoms with Crippen LogP contribution in [0.1, 0.15) is 24.1 Å². The first-order valence-electron chi connectivity index (χ1n) is 9.58. The van der Waals surface area contributed by atoms with Gasteiger partial charge in [0.1, 0.15) is 0 Å². The molecule has 2 atom stereocenters. The van der Waals surface area contributed by atoms with Crippen LogP contribution in [-0.4, -0.2) is 63.5 Å². The van der Waals surface area contributed by atoms with Gasteiger partial charge in [-0.25, -0.2) is 19.2 Å². The van der Waals surface area contributed by atoms with Crippen LogP contribution in [0, 0.1) is 5.82 Å². The highest BCUT2D eigenvalue weighted by Gasteiger charge is 2.43. The molecule has 2 aliphatic heterocycles. The van der Waals surface area contributed by atoms with Crippen LogP contribution in [0.25, 0.3) is 0 Å². The van der Waals surface area contributed by atoms with Crippen LogP contribution in [0.2, 0.25) is 0 Å². The summed E-state index contributed by atoms with van der Waals surface area (Å²) < 4.78 is 50.8. The Labute approximate surface area is 180 Å². The predicted molar refractivity (Wildman–Crippen MR) is 105 cm³/mol. The van der Waals surface area contributed by atoms with Gasteiger partial charge >= 0.3 is 12.1 Å². The summed E-state index contributed by atoms with van der Waals surface area (Å²) >= 11 is 1.81. The number of carboxylic acid groups (broad SMARTS) is 1. The Morgan fingerprint density at radius 3 is 2.71 bits per heavy atom. The highest BCUT2D eigenvalue weighted by atomic mass is 32.1. The van der Waals surface area contributed by atoms with E-state index in [9.17, 15) is 17.6 Å². The van der Waals surface area contributed by atoms with E-state index in [1.807, 2.05) is 11.3 Å². The Morgan fingerprint density at radius 1 is 1.39 bits per heavy atom. The molecule has 4 heterocycles. The van der Waals surface area contributed by atoms with E-state index in [0.29, 0.717) is 12.6 Å². The largest absolute Gasteiger partial charge is 0.490 e. The Bertz CT molecular complexity index is 851. The topological polar surface area (TPSA) is 87.6 Å². The lowest BCUT2D eigenvalue weighted by Gasteiger charge is -2.39. The molecule has 2 aromatic heterocycles. The lowest BCUT2D eigenvalue weighted by molar-refractivity contribution is -0.192. The number of ether oxygens (including phenoxy) is 1. The maximum absolute atomic E-state index is 12.9. The average molecular weight is 462 g/mol. The number of carboxylic acids is 1. The van der Waals surface area contributed by atoms with Crippen molar-refractivity contribution in [2.75, 3.05) is 25.0 Å². The van der Waals surface area contributed by atoms with E-state index in [1.165, 1.54) is 17.3 Å². The Balaban J connectivity index is 0.000000339. The van der Waals surface area contributed by atoms with Gasteiger partial charge in [-0.05, 0) is 30.8 Å². The number of nitrogens with one attached hydrogen (secondary N) is 1. The summed E-state index contributed by atoms with van der Waals surface area (Å²) in [6.45, 7) is 3.74. The molecule has 2 aromatic rings. The van der Waals surface area contributed by atoms with E-state index in [0.717, 1.165) is 38.9 Å². The van der Waals surface area contributed by atoms with E-state index < -0.39 is 18.0 Å². The zero-order valence-corrected chi connectivity index (χ0v) is 17.3. The van der Waals surface area contributed by atoms with Crippen molar-refractivity contribution in [3.8, 4) is 0 Å². The summed E-state index contributed by atoms with van der Waals surface area (Å²) in [4.78, 5) is 20.7. The highest BCUT2D eigenvalue weighted by Crippen LogP contribution is 2.36. The van der Waals surface area contributed by atoms with E-state index in [4.69, 9.17) is 14.6 Å². The number of hydrogen-bond acceptors (Lipinski definition) is 7. The molecule has 2 fully saturated rings. The lowest BCUT2D eigenvalue weighted by atomic mass is 9.88. The van der Waals surface area contributed by atoms with E-state index in [-0.39, 0.29) is 11.6 Å². The van der Waals surface area contributed by atoms with E-state index in [1.54, 1.807) is 0 Å². The normalized spacial score (nSPS) is 23.9. The van der Waals surface area contributed by atoms with Crippen molar-refractivity contribution in [1.82, 2.24) is 14.9 Å². The first-order chi connectivity index (χ1) is 14.7. The molecule has 0 saturated carbocycles. The van der Waals surface area contributed by atoms with Gasteiger partial charge in [0, 0.05) is 24.4 Å². The van der Waals surface area contributed by atoms with Crippen LogP contribution in [0.3, 0.4) is 0 Å². The number of alkyl halides is 3. The first kappa shape index (κ1) is 23.4. The Kier molecular flexibility index (Phi) is 7.44. The summed E-state index contributed by atoms with van der Waals surface area (Å²) in [5, 5.41) is 12.5. The third-order valence-corrected chi connectivity index (χ3v) is 5.84. The summed E-state index contributed by atoms with van der Waals surface area (Å²) in [5.41, 5.74) is -0.0762. The zero-order valence-electron chi connectivity index (χ0n) is 16.4. The van der Waals surface area contributed by atoms with Crippen molar-refractivity contribution in [2.24, 2.45) is 0 Å². The lowest BCUT2D eigenvalue weighted by Crippen LogP contribution is -2.47. The Morgan fingerprint density at radius 2 is 2.10 bits per heavy atom. The van der Waals surface area contributed by atoms with Crippen molar-refractivity contribution < 1.29 is 32.2 Å². The van der Waals surface area contributed by atoms with Gasteiger partial charge < -0.3 is 15.2 Å². The number of aliphatic carboxylic acids is 1. The van der Waals surface area contributed by atoms with Crippen molar-refractivity contribution in [2.45, 2.75) is 43.6 Å². The average Bonchev–Trinajstić information content (AvgIpc) is 3.34. The number of halogens is 4. The molecule has 0 amide bonds. The second-order valence-electron chi connectivity index (χ2n) is 7.46. The minimum absolute atomic E-state index is 0.0762. The molecule has 170 valence electrons. The standard InChI is InChI=1S/C17H21FN4OS.C2HF3O2/c18-13-8-19-16(20-9-13)21-14-7-17(23-11-14)4-2-5-22(12-17)10-15-3-1-6-24-15;3-2(4,5)1(6)7/h1,3,6,8-9,14H,2,4-5,7,10-12H2,(H,19,20,21);(H,6,7). The van der Waals surface area contributed by atoms with Gasteiger partial charge in [-0.1, -0.05) is 6.07 Å². The molecule has 0 radical (unpaired) electrons. The monoisotopic (exact) mass is 462 g/mol. The van der Waals surface area contributed by atoms with Crippen LogP contribution in [-0.2, 0) is 16.1 Å². The van der Waals surface area contributed by atoms with Crippen LogP contribution in [0.4, 0.5) is 23.5 Å². The fraction of sp³-hybridized carbons (Fsp3) is 0.526. The number of carbonyl (C=O) groups is 1. The second kappa shape index (κ2) is 9.88. The van der Waals surface area contributed by atoms with Crippen molar-refractivity contribution in [3.05, 3.63) is 40.6 Å². The number of aromatic nitrogens is 2. The van der Waals surface area contributed by atoms with Gasteiger partial charge in [0.05, 0.1) is 30.6 Å². The van der Waals surface area contributed by atoms with Crippen LogP contribution >= 0.6 is 11.3 Å². The Hall–Kier alpha value is -2.31. The van der Waals surface area contributed by atoms with Gasteiger partial charge in [0.25, 0.3) is 0 Å². The molecule has 0 aromatic carbocycles. The quantitative estimate of drug-likeness (QED) is 0.672. The van der Waals surface area contributed by atoms with Gasteiger partial charge in [-0.3, -0.25) is 4.90 Å². The number of thiophene rings is 1. The predicted octanol–water partition coefficient (Wildman–Crippen LogP) is 3.55. The second-order valence-corrected chi connectivity index (χ2v) is 8.49. The fourth-order valence-corrected chi connectivity index (χ4v) is 4.49. The summed E-state index contributed by atoms with van der Waals surface area (Å²) in [6.07, 6.45) is 0.477. The van der Waals surface area contributed by atoms with Gasteiger partial charge in [0.15, 0.2) is 5.82 Å². The molecule has 0 bridgehead atoms. The molecular formula is C19H22F4N4O3S. The molecule has 2 unspecified atom stereocenters. The maximum atomic E-state index is 12.9. The molecule has 7 nitrogen and oxygen atoms in total. The summed E-state index contributed by atoms with van der Waals surface area (Å²) in [6, 6.07) is 4.48. The van der Waals surface area contributed by atoms with Gasteiger partial charge in [0.2, 0.25) is 5.95 Å². The minimum Gasteiger partial charge on any atom is -0.475 e. The molecule has 2 aliphatic rings. The van der Waals surface area contributed by atoms with Crippen LogP contribution in [0.15, 0.2) is 29.9 Å². The van der Waals surface area contributed by atoms with Gasteiger partial charge in [-0.15, -0.1) is 11.3 Å². The smallest absolute Gasteiger partial charge is 0.475 e. The van der Waals surface area contributed by atoms with Gasteiger partial charge in [-0.2, -0.15) is 13.2 Å². The fourth-order valence-electron chi connectivity index (χ4n) is 3.74. The van der Waals surface area contributed by atoms with Crippen LogP contribution in [0.5, 0.6) is 0 Å². The third kappa shape index (κ3) is 6.84. The SMILES string of the molecule is Fc1cnc(NC2COC3(CCCN(Cc4cccs4)C3)C2)nc1.O=C(O)C(F)(F)F. The number of piperidine rings is 1. The number of nitrogens with zero attached hydrogens (tertiary/aromatic N) is 3. The summed E-state index contributed by atoms with van der Waals surface area (Å²) in [5.74, 6) is -2.71.